The Kier molecular flexibility index (Phi) is 22.0. The molecule has 0 spiro atoms. The number of quaternary nitrogens is 1. The number of rotatable bonds is 20. The SMILES string of the molecule is CCCCCCCCCCCCCCCCCC(=O)OC(C)C(=O)OC(C)C(=O)O.[NH4+]. The van der Waals surface area contributed by atoms with Gasteiger partial charge in [0.15, 0.2) is 12.2 Å². The van der Waals surface area contributed by atoms with E-state index in [9.17, 15) is 14.4 Å². The molecule has 7 heteroatoms. The van der Waals surface area contributed by atoms with E-state index in [0.29, 0.717) is 0 Å². The number of hydrogen-bond donors (Lipinski definition) is 2. The van der Waals surface area contributed by atoms with Crippen LogP contribution in [-0.4, -0.2) is 35.2 Å². The zero-order chi connectivity index (χ0) is 22.6. The summed E-state index contributed by atoms with van der Waals surface area (Å²) in [5.74, 6) is -2.52. The van der Waals surface area contributed by atoms with Crippen molar-refractivity contribution in [1.29, 1.82) is 0 Å². The third-order valence-electron chi connectivity index (χ3n) is 5.27. The predicted octanol–water partition coefficient (Wildman–Crippen LogP) is 6.57. The van der Waals surface area contributed by atoms with Crippen molar-refractivity contribution in [3.63, 3.8) is 0 Å². The average molecular weight is 447 g/mol. The van der Waals surface area contributed by atoms with Gasteiger partial charge in [0, 0.05) is 6.42 Å². The van der Waals surface area contributed by atoms with Gasteiger partial charge in [-0.15, -0.1) is 0 Å². The molecule has 0 fully saturated rings. The number of carbonyl (C=O) groups is 3. The van der Waals surface area contributed by atoms with Gasteiger partial charge in [-0.2, -0.15) is 0 Å². The maximum atomic E-state index is 11.8. The van der Waals surface area contributed by atoms with E-state index in [1.807, 2.05) is 0 Å². The van der Waals surface area contributed by atoms with Crippen LogP contribution < -0.4 is 6.15 Å². The third kappa shape index (κ3) is 20.0. The molecule has 0 amide bonds. The van der Waals surface area contributed by atoms with Gasteiger partial charge in [-0.05, 0) is 20.3 Å². The quantitative estimate of drug-likeness (QED) is 0.161. The number of carboxylic acid groups (broad SMARTS) is 1. The van der Waals surface area contributed by atoms with Gasteiger partial charge in [0.25, 0.3) is 0 Å². The lowest BCUT2D eigenvalue weighted by atomic mass is 10.0. The smallest absolute Gasteiger partial charge is 0.347 e. The van der Waals surface area contributed by atoms with Gasteiger partial charge in [0.1, 0.15) is 0 Å². The molecule has 0 rings (SSSR count). The summed E-state index contributed by atoms with van der Waals surface area (Å²) in [5.41, 5.74) is 0. The molecule has 5 N–H and O–H groups in total. The number of carboxylic acids is 1. The molecule has 0 saturated carbocycles. The van der Waals surface area contributed by atoms with Crippen LogP contribution in [0.2, 0.25) is 0 Å². The largest absolute Gasteiger partial charge is 0.479 e. The molecular formula is C24H48NO6+. The first kappa shape index (κ1) is 31.6. The third-order valence-corrected chi connectivity index (χ3v) is 5.27. The van der Waals surface area contributed by atoms with Gasteiger partial charge >= 0.3 is 17.9 Å². The standard InChI is InChI=1S/C24H44O6.H3N/c1-4-5-6-7-8-9-10-11-12-13-14-15-16-17-18-19-22(25)29-21(3)24(28)30-20(2)23(26)27;/h20-21H,4-19H2,1-3H3,(H,26,27);1H3/p+1. The number of carbonyl (C=O) groups excluding carboxylic acids is 2. The molecule has 0 aromatic carbocycles. The van der Waals surface area contributed by atoms with Crippen LogP contribution in [0.5, 0.6) is 0 Å². The molecule has 0 radical (unpaired) electrons. The van der Waals surface area contributed by atoms with Gasteiger partial charge in [0.2, 0.25) is 0 Å². The van der Waals surface area contributed by atoms with Gasteiger partial charge in [-0.25, -0.2) is 9.59 Å². The number of ether oxygens (including phenoxy) is 2. The van der Waals surface area contributed by atoms with Crippen LogP contribution in [0.15, 0.2) is 0 Å². The first-order valence-electron chi connectivity index (χ1n) is 12.0. The summed E-state index contributed by atoms with van der Waals surface area (Å²) in [4.78, 5) is 34.1. The fraction of sp³-hybridized carbons (Fsp3) is 0.875. The van der Waals surface area contributed by atoms with Crippen molar-refractivity contribution in [2.24, 2.45) is 0 Å². The Morgan fingerprint density at radius 1 is 0.645 bits per heavy atom. The zero-order valence-corrected chi connectivity index (χ0v) is 20.5. The van der Waals surface area contributed by atoms with E-state index in [0.717, 1.165) is 19.3 Å². The molecule has 184 valence electrons. The van der Waals surface area contributed by atoms with Crippen LogP contribution in [0.25, 0.3) is 0 Å². The molecule has 0 aromatic rings. The fourth-order valence-electron chi connectivity index (χ4n) is 3.27. The van der Waals surface area contributed by atoms with E-state index < -0.39 is 30.1 Å². The highest BCUT2D eigenvalue weighted by Gasteiger charge is 2.23. The van der Waals surface area contributed by atoms with Crippen molar-refractivity contribution in [3.05, 3.63) is 0 Å². The Balaban J connectivity index is 0. The second kappa shape index (κ2) is 21.6. The molecule has 2 unspecified atom stereocenters. The number of aliphatic carboxylic acids is 1. The monoisotopic (exact) mass is 446 g/mol. The maximum Gasteiger partial charge on any atom is 0.347 e. The van der Waals surface area contributed by atoms with Crippen LogP contribution in [-0.2, 0) is 23.9 Å². The van der Waals surface area contributed by atoms with Crippen molar-refractivity contribution >= 4 is 17.9 Å². The van der Waals surface area contributed by atoms with Crippen LogP contribution in [0.3, 0.4) is 0 Å². The van der Waals surface area contributed by atoms with Crippen molar-refractivity contribution in [2.75, 3.05) is 0 Å². The summed E-state index contributed by atoms with van der Waals surface area (Å²) in [6.07, 6.45) is 16.8. The summed E-state index contributed by atoms with van der Waals surface area (Å²) < 4.78 is 9.70. The van der Waals surface area contributed by atoms with Gasteiger partial charge < -0.3 is 20.7 Å². The molecule has 0 heterocycles. The molecule has 0 aliphatic heterocycles. The summed E-state index contributed by atoms with van der Waals surface area (Å²) in [7, 11) is 0. The van der Waals surface area contributed by atoms with E-state index in [1.54, 1.807) is 0 Å². The Morgan fingerprint density at radius 2 is 1.03 bits per heavy atom. The number of esters is 2. The first-order chi connectivity index (χ1) is 14.4. The highest BCUT2D eigenvalue weighted by atomic mass is 16.6. The number of unbranched alkanes of at least 4 members (excludes halogenated alkanes) is 14. The van der Waals surface area contributed by atoms with Crippen LogP contribution in [0, 0.1) is 0 Å². The van der Waals surface area contributed by atoms with Crippen LogP contribution in [0.1, 0.15) is 124 Å². The summed E-state index contributed by atoms with van der Waals surface area (Å²) in [6.45, 7) is 4.90. The Morgan fingerprint density at radius 3 is 1.42 bits per heavy atom. The van der Waals surface area contributed by atoms with E-state index in [1.165, 1.54) is 90.9 Å². The van der Waals surface area contributed by atoms with Gasteiger partial charge in [-0.1, -0.05) is 96.8 Å². The summed E-state index contributed by atoms with van der Waals surface area (Å²) in [6, 6.07) is 0. The van der Waals surface area contributed by atoms with E-state index >= 15 is 0 Å². The lowest BCUT2D eigenvalue weighted by Crippen LogP contribution is -2.32. The minimum absolute atomic E-state index is 0. The second-order valence-electron chi connectivity index (χ2n) is 8.25. The Hall–Kier alpha value is -1.63. The molecule has 0 aliphatic carbocycles. The van der Waals surface area contributed by atoms with Crippen molar-refractivity contribution in [1.82, 2.24) is 6.15 Å². The molecule has 0 aromatic heterocycles. The molecule has 0 saturated heterocycles. The van der Waals surface area contributed by atoms with Gasteiger partial charge in [-0.3, -0.25) is 4.79 Å². The van der Waals surface area contributed by atoms with Crippen molar-refractivity contribution < 1.29 is 29.0 Å². The lowest BCUT2D eigenvalue weighted by Gasteiger charge is -2.14. The summed E-state index contributed by atoms with van der Waals surface area (Å²) in [5, 5.41) is 8.71. The normalized spacial score (nSPS) is 12.5. The van der Waals surface area contributed by atoms with E-state index in [4.69, 9.17) is 9.84 Å². The lowest BCUT2D eigenvalue weighted by molar-refractivity contribution is -0.174. The number of hydrogen-bond acceptors (Lipinski definition) is 5. The molecule has 7 nitrogen and oxygen atoms in total. The topological polar surface area (TPSA) is 126 Å². The second-order valence-corrected chi connectivity index (χ2v) is 8.25. The Labute approximate surface area is 189 Å². The highest BCUT2D eigenvalue weighted by molar-refractivity contribution is 5.82. The maximum absolute atomic E-state index is 11.8. The van der Waals surface area contributed by atoms with E-state index in [-0.39, 0.29) is 12.6 Å². The molecule has 31 heavy (non-hydrogen) atoms. The van der Waals surface area contributed by atoms with Crippen LogP contribution >= 0.6 is 0 Å². The van der Waals surface area contributed by atoms with Crippen molar-refractivity contribution in [2.45, 2.75) is 136 Å². The van der Waals surface area contributed by atoms with Crippen LogP contribution in [0.4, 0.5) is 0 Å². The fourth-order valence-corrected chi connectivity index (χ4v) is 3.27. The first-order valence-corrected chi connectivity index (χ1v) is 12.0. The molecule has 0 bridgehead atoms. The zero-order valence-electron chi connectivity index (χ0n) is 20.5. The van der Waals surface area contributed by atoms with E-state index in [2.05, 4.69) is 11.7 Å². The van der Waals surface area contributed by atoms with Crippen molar-refractivity contribution in [3.8, 4) is 0 Å². The molecule has 0 aliphatic rings. The average Bonchev–Trinajstić information content (AvgIpc) is 2.70. The highest BCUT2D eigenvalue weighted by Crippen LogP contribution is 2.14. The minimum atomic E-state index is -1.26. The Bertz CT molecular complexity index is 469. The molecular weight excluding hydrogens is 398 g/mol. The minimum Gasteiger partial charge on any atom is -0.479 e. The summed E-state index contributed by atoms with van der Waals surface area (Å²) >= 11 is 0. The predicted molar refractivity (Wildman–Crippen MR) is 124 cm³/mol. The molecule has 2 atom stereocenters. The van der Waals surface area contributed by atoms with Gasteiger partial charge in [0.05, 0.1) is 0 Å².